The molecule has 2 rings (SSSR count). The smallest absolute Gasteiger partial charge is 0.139 e. The molecule has 0 saturated heterocycles. The van der Waals surface area contributed by atoms with Gasteiger partial charge in [0, 0.05) is 9.98 Å². The van der Waals surface area contributed by atoms with Gasteiger partial charge in [0.15, 0.2) is 0 Å². The third-order valence-corrected chi connectivity index (χ3v) is 4.44. The summed E-state index contributed by atoms with van der Waals surface area (Å²) in [6.07, 6.45) is 0. The minimum absolute atomic E-state index is 0.0265. The molecule has 0 atom stereocenters. The quantitative estimate of drug-likeness (QED) is 0.576. The summed E-state index contributed by atoms with van der Waals surface area (Å²) in [6.45, 7) is 0. The topological polar surface area (TPSA) is 0 Å². The predicted molar refractivity (Wildman–Crippen MR) is 69.3 cm³/mol. The second kappa shape index (κ2) is 6.20. The molecule has 0 saturated carbocycles. The van der Waals surface area contributed by atoms with Gasteiger partial charge in [-0.2, -0.15) is 0 Å². The van der Waals surface area contributed by atoms with Gasteiger partial charge in [0.1, 0.15) is 17.5 Å². The fraction of sp³-hybridized carbons (Fsp3) is 0.0769. The van der Waals surface area contributed by atoms with E-state index in [-0.39, 0.29) is 10.7 Å². The standard InChI is InChI=1S/C13H9F3S2/c14-9-4-1-2-7-12(9)17-8-18-13-10(15)5-3-6-11(13)16/h1-7H,8H2. The molecular formula is C13H9F3S2. The predicted octanol–water partition coefficient (Wildman–Crippen LogP) is 4.95. The summed E-state index contributed by atoms with van der Waals surface area (Å²) in [6, 6.07) is 10.1. The van der Waals surface area contributed by atoms with Crippen molar-refractivity contribution >= 4 is 23.5 Å². The van der Waals surface area contributed by atoms with Gasteiger partial charge in [-0.05, 0) is 24.3 Å². The third kappa shape index (κ3) is 3.23. The number of benzene rings is 2. The largest absolute Gasteiger partial charge is 0.206 e. The first-order chi connectivity index (χ1) is 8.68. The van der Waals surface area contributed by atoms with Gasteiger partial charge in [0.2, 0.25) is 0 Å². The van der Waals surface area contributed by atoms with Gasteiger partial charge >= 0.3 is 0 Å². The van der Waals surface area contributed by atoms with Crippen LogP contribution in [0.4, 0.5) is 13.2 Å². The fourth-order valence-electron chi connectivity index (χ4n) is 1.33. The molecule has 0 aliphatic carbocycles. The maximum absolute atomic E-state index is 13.3. The van der Waals surface area contributed by atoms with E-state index >= 15 is 0 Å². The van der Waals surface area contributed by atoms with E-state index in [9.17, 15) is 13.2 Å². The maximum Gasteiger partial charge on any atom is 0.139 e. The first-order valence-electron chi connectivity index (χ1n) is 5.12. The summed E-state index contributed by atoms with van der Waals surface area (Å²) >= 11 is 2.24. The molecule has 0 unspecified atom stereocenters. The van der Waals surface area contributed by atoms with Crippen LogP contribution in [-0.2, 0) is 0 Å². The Balaban J connectivity index is 1.99. The van der Waals surface area contributed by atoms with Gasteiger partial charge in [-0.3, -0.25) is 0 Å². The van der Waals surface area contributed by atoms with E-state index in [4.69, 9.17) is 0 Å². The molecule has 0 aromatic heterocycles. The van der Waals surface area contributed by atoms with Crippen molar-refractivity contribution in [3.05, 3.63) is 59.9 Å². The Hall–Kier alpha value is -1.07. The van der Waals surface area contributed by atoms with E-state index < -0.39 is 11.6 Å². The second-order valence-electron chi connectivity index (χ2n) is 3.39. The SMILES string of the molecule is Fc1ccccc1SCSc1c(F)cccc1F. The molecule has 0 amide bonds. The number of hydrogen-bond donors (Lipinski definition) is 0. The molecule has 18 heavy (non-hydrogen) atoms. The van der Waals surface area contributed by atoms with Gasteiger partial charge < -0.3 is 0 Å². The van der Waals surface area contributed by atoms with Crippen LogP contribution in [0.25, 0.3) is 0 Å². The Bertz CT molecular complexity index is 523. The van der Waals surface area contributed by atoms with Crippen molar-refractivity contribution < 1.29 is 13.2 Å². The molecular weight excluding hydrogens is 277 g/mol. The zero-order valence-electron chi connectivity index (χ0n) is 9.20. The lowest BCUT2D eigenvalue weighted by atomic mass is 10.3. The highest BCUT2D eigenvalue weighted by molar-refractivity contribution is 8.16. The van der Waals surface area contributed by atoms with Gasteiger partial charge in [0.25, 0.3) is 0 Å². The summed E-state index contributed by atoms with van der Waals surface area (Å²) in [7, 11) is 0. The zero-order valence-corrected chi connectivity index (χ0v) is 10.8. The average molecular weight is 286 g/mol. The summed E-state index contributed by atoms with van der Waals surface area (Å²) in [5.41, 5.74) is 0. The summed E-state index contributed by atoms with van der Waals surface area (Å²) in [5.74, 6) is -1.50. The summed E-state index contributed by atoms with van der Waals surface area (Å²) in [5, 5.41) is 0.346. The molecule has 0 N–H and O–H groups in total. The van der Waals surface area contributed by atoms with Gasteiger partial charge in [0.05, 0.1) is 4.90 Å². The van der Waals surface area contributed by atoms with Crippen molar-refractivity contribution in [2.24, 2.45) is 0 Å². The number of hydrogen-bond acceptors (Lipinski definition) is 2. The van der Waals surface area contributed by atoms with Gasteiger partial charge in [-0.1, -0.05) is 18.2 Å². The van der Waals surface area contributed by atoms with Crippen molar-refractivity contribution in [3.8, 4) is 0 Å². The normalized spacial score (nSPS) is 10.6. The van der Waals surface area contributed by atoms with Crippen molar-refractivity contribution in [2.45, 2.75) is 9.79 Å². The minimum atomic E-state index is -0.589. The Morgan fingerprint density at radius 3 is 2.00 bits per heavy atom. The molecule has 0 fully saturated rings. The first-order valence-corrected chi connectivity index (χ1v) is 7.10. The van der Waals surface area contributed by atoms with E-state index in [1.807, 2.05) is 0 Å². The summed E-state index contributed by atoms with van der Waals surface area (Å²) in [4.78, 5) is 0.447. The lowest BCUT2D eigenvalue weighted by molar-refractivity contribution is 0.541. The van der Waals surface area contributed by atoms with Crippen LogP contribution in [0.5, 0.6) is 0 Å². The van der Waals surface area contributed by atoms with Crippen LogP contribution in [0.1, 0.15) is 0 Å². The number of thioether (sulfide) groups is 2. The van der Waals surface area contributed by atoms with Crippen LogP contribution in [0.2, 0.25) is 0 Å². The maximum atomic E-state index is 13.3. The molecule has 5 heteroatoms. The van der Waals surface area contributed by atoms with Crippen molar-refractivity contribution in [1.82, 2.24) is 0 Å². The van der Waals surface area contributed by atoms with Gasteiger partial charge in [-0.25, -0.2) is 13.2 Å². The second-order valence-corrected chi connectivity index (χ2v) is 5.76. The van der Waals surface area contributed by atoms with Crippen LogP contribution in [0.3, 0.4) is 0 Å². The molecule has 0 spiro atoms. The van der Waals surface area contributed by atoms with Crippen molar-refractivity contribution in [2.75, 3.05) is 5.08 Å². The Kier molecular flexibility index (Phi) is 4.60. The van der Waals surface area contributed by atoms with Gasteiger partial charge in [-0.15, -0.1) is 23.5 Å². The number of halogens is 3. The molecule has 0 aliphatic heterocycles. The van der Waals surface area contributed by atoms with E-state index in [0.717, 1.165) is 11.8 Å². The van der Waals surface area contributed by atoms with Crippen LogP contribution >= 0.6 is 23.5 Å². The van der Waals surface area contributed by atoms with Crippen LogP contribution in [0, 0.1) is 17.5 Å². The molecule has 2 aromatic rings. The molecule has 0 radical (unpaired) electrons. The highest BCUT2D eigenvalue weighted by Crippen LogP contribution is 2.31. The monoisotopic (exact) mass is 286 g/mol. The van der Waals surface area contributed by atoms with E-state index in [0.29, 0.717) is 9.98 Å². The number of rotatable bonds is 4. The van der Waals surface area contributed by atoms with Crippen molar-refractivity contribution in [1.29, 1.82) is 0 Å². The molecule has 0 aliphatic rings. The van der Waals surface area contributed by atoms with Crippen LogP contribution in [-0.4, -0.2) is 5.08 Å². The average Bonchev–Trinajstić information content (AvgIpc) is 2.35. The van der Waals surface area contributed by atoms with E-state index in [2.05, 4.69) is 0 Å². The molecule has 0 heterocycles. The molecule has 0 bridgehead atoms. The minimum Gasteiger partial charge on any atom is -0.206 e. The molecule has 94 valence electrons. The van der Waals surface area contributed by atoms with Crippen LogP contribution in [0.15, 0.2) is 52.3 Å². The fourth-order valence-corrected chi connectivity index (χ4v) is 3.34. The Labute approximate surface area is 112 Å². The Morgan fingerprint density at radius 2 is 1.33 bits per heavy atom. The first kappa shape index (κ1) is 13.4. The lowest BCUT2D eigenvalue weighted by Gasteiger charge is -2.05. The van der Waals surface area contributed by atoms with Crippen molar-refractivity contribution in [3.63, 3.8) is 0 Å². The molecule has 2 aromatic carbocycles. The van der Waals surface area contributed by atoms with E-state index in [1.54, 1.807) is 18.2 Å². The zero-order chi connectivity index (χ0) is 13.0. The third-order valence-electron chi connectivity index (χ3n) is 2.17. The summed E-state index contributed by atoms with van der Waals surface area (Å²) < 4.78 is 39.9. The molecule has 0 nitrogen and oxygen atoms in total. The van der Waals surface area contributed by atoms with E-state index in [1.165, 1.54) is 36.0 Å². The lowest BCUT2D eigenvalue weighted by Crippen LogP contribution is -1.87. The highest BCUT2D eigenvalue weighted by atomic mass is 32.2. The highest BCUT2D eigenvalue weighted by Gasteiger charge is 2.09. The Morgan fingerprint density at radius 1 is 0.722 bits per heavy atom. The van der Waals surface area contributed by atoms with Crippen LogP contribution < -0.4 is 0 Å².